The van der Waals surface area contributed by atoms with Crippen LogP contribution in [-0.2, 0) is 0 Å². The van der Waals surface area contributed by atoms with Crippen LogP contribution in [0.25, 0.3) is 0 Å². The second-order valence-electron chi connectivity index (χ2n) is 5.12. The lowest BCUT2D eigenvalue weighted by Crippen LogP contribution is -2.28. The third-order valence-electron chi connectivity index (χ3n) is 3.31. The summed E-state index contributed by atoms with van der Waals surface area (Å²) in [6, 6.07) is 21.9. The average molecular weight is 383 g/mol. The molecule has 0 radical (unpaired) electrons. The molecule has 1 aromatic heterocycles. The van der Waals surface area contributed by atoms with Crippen molar-refractivity contribution in [3.8, 4) is 0 Å². The molecule has 7 heteroatoms. The normalized spacial score (nSPS) is 11.0. The smallest absolute Gasteiger partial charge is 0.276 e. The van der Waals surface area contributed by atoms with Gasteiger partial charge in [-0.1, -0.05) is 60.1 Å². The van der Waals surface area contributed by atoms with Gasteiger partial charge in [-0.05, 0) is 36.2 Å². The number of halogens is 1. The highest BCUT2D eigenvalue weighted by Crippen LogP contribution is 2.23. The number of hydrogen-bond acceptors (Lipinski definition) is 4. The summed E-state index contributed by atoms with van der Waals surface area (Å²) < 4.78 is 2.65. The molecular formula is C19H15ClN4OS. The second-order valence-corrected chi connectivity index (χ2v) is 6.37. The summed E-state index contributed by atoms with van der Waals surface area (Å²) in [6.07, 6.45) is 1.68. The molecule has 3 rings (SSSR count). The average Bonchev–Trinajstić information content (AvgIpc) is 2.69. The number of carbonyl (C=O) groups excluding carboxylic acids is 1. The Morgan fingerprint density at radius 1 is 0.962 bits per heavy atom. The van der Waals surface area contributed by atoms with Gasteiger partial charge in [-0.3, -0.25) is 9.71 Å². The molecule has 5 nitrogen and oxygen atoms in total. The molecule has 0 aliphatic heterocycles. The monoisotopic (exact) mass is 382 g/mol. The third-order valence-corrected chi connectivity index (χ3v) is 4.62. The van der Waals surface area contributed by atoms with Crippen LogP contribution in [0, 0.1) is 0 Å². The van der Waals surface area contributed by atoms with Crippen molar-refractivity contribution < 1.29 is 4.79 Å². The second kappa shape index (κ2) is 9.03. The van der Waals surface area contributed by atoms with Gasteiger partial charge in [0, 0.05) is 16.7 Å². The zero-order valence-electron chi connectivity index (χ0n) is 13.6. The van der Waals surface area contributed by atoms with Crippen LogP contribution in [0.1, 0.15) is 11.3 Å². The molecule has 0 atom stereocenters. The molecule has 0 saturated heterocycles. The van der Waals surface area contributed by atoms with Gasteiger partial charge in [0.15, 0.2) is 0 Å². The number of nitrogens with one attached hydrogen (secondary N) is 2. The zero-order valence-corrected chi connectivity index (χ0v) is 15.2. The van der Waals surface area contributed by atoms with Crippen molar-refractivity contribution in [2.24, 2.45) is 5.10 Å². The summed E-state index contributed by atoms with van der Waals surface area (Å²) in [7, 11) is 0. The molecule has 1 heterocycles. The van der Waals surface area contributed by atoms with Crippen molar-refractivity contribution in [3.63, 3.8) is 0 Å². The topological polar surface area (TPSA) is 66.4 Å². The van der Waals surface area contributed by atoms with E-state index in [1.165, 1.54) is 0 Å². The van der Waals surface area contributed by atoms with Crippen LogP contribution in [0.15, 0.2) is 89.0 Å². The molecule has 2 amide bonds. The SMILES string of the molecule is O=C(N/N=C(/c1ccccc1)c1ccccn1)NSc1ccccc1Cl. The van der Waals surface area contributed by atoms with Crippen molar-refractivity contribution in [1.29, 1.82) is 0 Å². The highest BCUT2D eigenvalue weighted by Gasteiger charge is 2.09. The fourth-order valence-electron chi connectivity index (χ4n) is 2.13. The quantitative estimate of drug-likeness (QED) is 0.388. The molecule has 2 aromatic carbocycles. The van der Waals surface area contributed by atoms with Crippen molar-refractivity contribution in [2.75, 3.05) is 0 Å². The van der Waals surface area contributed by atoms with E-state index in [1.807, 2.05) is 66.7 Å². The Labute approximate surface area is 160 Å². The molecule has 2 N–H and O–H groups in total. The summed E-state index contributed by atoms with van der Waals surface area (Å²) in [5.41, 5.74) is 4.59. The number of rotatable bonds is 5. The van der Waals surface area contributed by atoms with Crippen molar-refractivity contribution in [2.45, 2.75) is 4.90 Å². The summed E-state index contributed by atoms with van der Waals surface area (Å²) in [6.45, 7) is 0. The summed E-state index contributed by atoms with van der Waals surface area (Å²) >= 11 is 7.19. The highest BCUT2D eigenvalue weighted by atomic mass is 35.5. The molecule has 0 fully saturated rings. The van der Waals surface area contributed by atoms with Crippen LogP contribution < -0.4 is 10.1 Å². The minimum atomic E-state index is -0.459. The maximum atomic E-state index is 12.1. The number of benzene rings is 2. The Bertz CT molecular complexity index is 862. The maximum Gasteiger partial charge on any atom is 0.345 e. The molecule has 26 heavy (non-hydrogen) atoms. The van der Waals surface area contributed by atoms with Crippen molar-refractivity contribution >= 4 is 35.3 Å². The molecule has 0 aliphatic rings. The van der Waals surface area contributed by atoms with Crippen molar-refractivity contribution in [3.05, 3.63) is 95.3 Å². The molecule has 0 saturated carbocycles. The van der Waals surface area contributed by atoms with Crippen LogP contribution in [0.2, 0.25) is 5.02 Å². The van der Waals surface area contributed by atoms with Gasteiger partial charge in [0.05, 0.1) is 10.7 Å². The van der Waals surface area contributed by atoms with Gasteiger partial charge in [-0.15, -0.1) is 0 Å². The first-order valence-corrected chi connectivity index (χ1v) is 8.95. The Kier molecular flexibility index (Phi) is 6.24. The fraction of sp³-hybridized carbons (Fsp3) is 0. The number of hydrogen-bond donors (Lipinski definition) is 2. The number of amides is 2. The van der Waals surface area contributed by atoms with Gasteiger partial charge in [-0.2, -0.15) is 5.10 Å². The lowest BCUT2D eigenvalue weighted by Gasteiger charge is -2.08. The van der Waals surface area contributed by atoms with E-state index in [2.05, 4.69) is 20.2 Å². The Morgan fingerprint density at radius 2 is 1.69 bits per heavy atom. The number of nitrogens with zero attached hydrogens (tertiary/aromatic N) is 2. The minimum Gasteiger partial charge on any atom is -0.276 e. The Balaban J connectivity index is 1.72. The summed E-state index contributed by atoms with van der Waals surface area (Å²) in [4.78, 5) is 17.1. The number of hydrazone groups is 1. The number of pyridine rings is 1. The van der Waals surface area contributed by atoms with Gasteiger partial charge >= 0.3 is 6.03 Å². The van der Waals surface area contributed by atoms with E-state index in [1.54, 1.807) is 12.3 Å². The first kappa shape index (κ1) is 18.0. The predicted molar refractivity (Wildman–Crippen MR) is 105 cm³/mol. The minimum absolute atomic E-state index is 0.459. The van der Waals surface area contributed by atoms with E-state index in [0.29, 0.717) is 16.4 Å². The van der Waals surface area contributed by atoms with E-state index in [4.69, 9.17) is 11.6 Å². The number of aromatic nitrogens is 1. The van der Waals surface area contributed by atoms with Gasteiger partial charge in [0.25, 0.3) is 0 Å². The first-order valence-electron chi connectivity index (χ1n) is 7.76. The predicted octanol–water partition coefficient (Wildman–Crippen LogP) is 4.49. The summed E-state index contributed by atoms with van der Waals surface area (Å²) in [5.74, 6) is 0. The Morgan fingerprint density at radius 3 is 2.42 bits per heavy atom. The van der Waals surface area contributed by atoms with E-state index >= 15 is 0 Å². The molecule has 0 bridgehead atoms. The van der Waals surface area contributed by atoms with Crippen LogP contribution in [-0.4, -0.2) is 16.7 Å². The van der Waals surface area contributed by atoms with Gasteiger partial charge in [0.2, 0.25) is 0 Å². The third kappa shape index (κ3) is 4.84. The molecule has 0 unspecified atom stereocenters. The van der Waals surface area contributed by atoms with Crippen LogP contribution in [0.5, 0.6) is 0 Å². The van der Waals surface area contributed by atoms with Gasteiger partial charge in [-0.25, -0.2) is 10.2 Å². The zero-order chi connectivity index (χ0) is 18.2. The van der Waals surface area contributed by atoms with E-state index in [-0.39, 0.29) is 0 Å². The molecule has 3 aromatic rings. The fourth-order valence-corrected chi connectivity index (χ4v) is 2.94. The lowest BCUT2D eigenvalue weighted by atomic mass is 10.1. The maximum absolute atomic E-state index is 12.1. The van der Waals surface area contributed by atoms with E-state index in [0.717, 1.165) is 22.4 Å². The molecule has 0 aliphatic carbocycles. The van der Waals surface area contributed by atoms with Crippen molar-refractivity contribution in [1.82, 2.24) is 15.1 Å². The highest BCUT2D eigenvalue weighted by molar-refractivity contribution is 7.98. The number of carbonyl (C=O) groups is 1. The Hall–Kier alpha value is -2.83. The van der Waals surface area contributed by atoms with Gasteiger partial charge in [0.1, 0.15) is 5.71 Å². The largest absolute Gasteiger partial charge is 0.345 e. The van der Waals surface area contributed by atoms with Crippen LogP contribution in [0.3, 0.4) is 0 Å². The molecular weight excluding hydrogens is 368 g/mol. The van der Waals surface area contributed by atoms with E-state index in [9.17, 15) is 4.79 Å². The molecule has 130 valence electrons. The summed E-state index contributed by atoms with van der Waals surface area (Å²) in [5, 5.41) is 4.81. The standard InChI is InChI=1S/C19H15ClN4OS/c20-15-10-4-5-12-17(15)26-24-19(25)23-22-18(14-8-2-1-3-9-14)16-11-6-7-13-21-16/h1-13H,(H2,23,24,25)/b22-18-. The lowest BCUT2D eigenvalue weighted by molar-refractivity contribution is 0.247. The van der Waals surface area contributed by atoms with E-state index < -0.39 is 6.03 Å². The number of urea groups is 1. The van der Waals surface area contributed by atoms with Gasteiger partial charge < -0.3 is 0 Å². The van der Waals surface area contributed by atoms with Crippen LogP contribution in [0.4, 0.5) is 4.79 Å². The van der Waals surface area contributed by atoms with Crippen LogP contribution >= 0.6 is 23.5 Å². The first-order chi connectivity index (χ1) is 12.7. The molecule has 0 spiro atoms.